The van der Waals surface area contributed by atoms with Crippen LogP contribution in [0, 0.1) is 0 Å². The molecule has 0 bridgehead atoms. The standard InChI is InChI=1S/C27H28N2O5S/c1-2-3-7-20-12-14-23(15-13-20)28-26(30)19-34-27(31)22-9-6-10-24(18-22)35(32,33)29-17-16-21-8-4-5-11-25(21)29/h4-6,8-15,18H,2-3,7,16-17,19H2,1H3,(H,28,30). The summed E-state index contributed by atoms with van der Waals surface area (Å²) in [7, 11) is -3.84. The summed E-state index contributed by atoms with van der Waals surface area (Å²) in [5, 5.41) is 2.70. The molecule has 0 aromatic heterocycles. The highest BCUT2D eigenvalue weighted by atomic mass is 32.2. The number of nitrogens with zero attached hydrogens (tertiary/aromatic N) is 1. The van der Waals surface area contributed by atoms with Crippen molar-refractivity contribution in [2.45, 2.75) is 37.5 Å². The molecule has 1 aliphatic heterocycles. The Balaban J connectivity index is 1.37. The second-order valence-electron chi connectivity index (χ2n) is 8.41. The molecule has 1 heterocycles. The van der Waals surface area contributed by atoms with E-state index in [4.69, 9.17) is 4.74 Å². The summed E-state index contributed by atoms with van der Waals surface area (Å²) in [5.41, 5.74) is 3.49. The molecule has 8 heteroatoms. The second kappa shape index (κ2) is 10.7. The Labute approximate surface area is 205 Å². The second-order valence-corrected chi connectivity index (χ2v) is 10.3. The number of hydrogen-bond donors (Lipinski definition) is 1. The van der Waals surface area contributed by atoms with E-state index in [1.54, 1.807) is 12.1 Å². The third kappa shape index (κ3) is 5.71. The van der Waals surface area contributed by atoms with Crippen LogP contribution in [0.15, 0.2) is 77.7 Å². The maximum absolute atomic E-state index is 13.2. The number of rotatable bonds is 9. The highest BCUT2D eigenvalue weighted by Crippen LogP contribution is 2.32. The van der Waals surface area contributed by atoms with Gasteiger partial charge in [0.25, 0.3) is 15.9 Å². The number of esters is 1. The molecule has 3 aromatic rings. The van der Waals surface area contributed by atoms with Crippen LogP contribution in [0.3, 0.4) is 0 Å². The molecule has 0 atom stereocenters. The lowest BCUT2D eigenvalue weighted by molar-refractivity contribution is -0.119. The van der Waals surface area contributed by atoms with Crippen molar-refractivity contribution < 1.29 is 22.7 Å². The summed E-state index contributed by atoms with van der Waals surface area (Å²) in [6, 6.07) is 20.6. The maximum atomic E-state index is 13.2. The van der Waals surface area contributed by atoms with E-state index in [9.17, 15) is 18.0 Å². The summed E-state index contributed by atoms with van der Waals surface area (Å²) in [4.78, 5) is 24.8. The van der Waals surface area contributed by atoms with Crippen molar-refractivity contribution >= 4 is 33.3 Å². The van der Waals surface area contributed by atoms with Crippen molar-refractivity contribution in [2.75, 3.05) is 22.8 Å². The van der Waals surface area contributed by atoms with Gasteiger partial charge in [0.1, 0.15) is 0 Å². The normalized spacial score (nSPS) is 12.8. The number of hydrogen-bond acceptors (Lipinski definition) is 5. The summed E-state index contributed by atoms with van der Waals surface area (Å²) < 4.78 is 33.0. The number of aryl methyl sites for hydroxylation is 1. The van der Waals surface area contributed by atoms with Gasteiger partial charge in [0.15, 0.2) is 6.61 Å². The van der Waals surface area contributed by atoms with E-state index in [2.05, 4.69) is 12.2 Å². The molecule has 0 fully saturated rings. The van der Waals surface area contributed by atoms with Crippen molar-refractivity contribution in [2.24, 2.45) is 0 Å². The molecule has 1 aliphatic rings. The van der Waals surface area contributed by atoms with Gasteiger partial charge >= 0.3 is 5.97 Å². The van der Waals surface area contributed by atoms with E-state index in [1.807, 2.05) is 36.4 Å². The number of nitrogens with one attached hydrogen (secondary N) is 1. The molecule has 0 spiro atoms. The molecule has 182 valence electrons. The average molecular weight is 493 g/mol. The van der Waals surface area contributed by atoms with E-state index in [1.165, 1.54) is 34.1 Å². The van der Waals surface area contributed by atoms with E-state index >= 15 is 0 Å². The lowest BCUT2D eigenvalue weighted by Crippen LogP contribution is -2.29. The number of para-hydroxylation sites is 1. The first kappa shape index (κ1) is 24.5. The van der Waals surface area contributed by atoms with Crippen LogP contribution < -0.4 is 9.62 Å². The molecule has 0 unspecified atom stereocenters. The van der Waals surface area contributed by atoms with Crippen LogP contribution in [-0.2, 0) is 32.4 Å². The monoisotopic (exact) mass is 492 g/mol. The minimum absolute atomic E-state index is 0.00346. The number of benzene rings is 3. The van der Waals surface area contributed by atoms with Crippen molar-refractivity contribution in [1.82, 2.24) is 0 Å². The molecule has 0 saturated heterocycles. The number of carbonyl (C=O) groups excluding carboxylic acids is 2. The molecule has 7 nitrogen and oxygen atoms in total. The Bertz CT molecular complexity index is 1320. The Kier molecular flexibility index (Phi) is 7.51. The Hall–Kier alpha value is -3.65. The number of ether oxygens (including phenoxy) is 1. The Morgan fingerprint density at radius 2 is 1.77 bits per heavy atom. The van der Waals surface area contributed by atoms with E-state index in [0.29, 0.717) is 24.3 Å². The molecule has 0 saturated carbocycles. The van der Waals surface area contributed by atoms with Gasteiger partial charge < -0.3 is 10.1 Å². The fourth-order valence-electron chi connectivity index (χ4n) is 4.02. The zero-order chi connectivity index (χ0) is 24.8. The zero-order valence-corrected chi connectivity index (χ0v) is 20.4. The first-order valence-electron chi connectivity index (χ1n) is 11.6. The van der Waals surface area contributed by atoms with Crippen molar-refractivity contribution in [3.63, 3.8) is 0 Å². The SMILES string of the molecule is CCCCc1ccc(NC(=O)COC(=O)c2cccc(S(=O)(=O)N3CCc4ccccc43)c2)cc1. The Morgan fingerprint density at radius 1 is 1.00 bits per heavy atom. The number of sulfonamides is 1. The lowest BCUT2D eigenvalue weighted by Gasteiger charge is -2.19. The van der Waals surface area contributed by atoms with Gasteiger partial charge in [0.2, 0.25) is 0 Å². The molecule has 0 aliphatic carbocycles. The third-order valence-corrected chi connectivity index (χ3v) is 7.70. The number of amides is 1. The predicted molar refractivity (Wildman–Crippen MR) is 135 cm³/mol. The molecular weight excluding hydrogens is 464 g/mol. The fourth-order valence-corrected chi connectivity index (χ4v) is 5.57. The summed E-state index contributed by atoms with van der Waals surface area (Å²) >= 11 is 0. The quantitative estimate of drug-likeness (QED) is 0.442. The first-order chi connectivity index (χ1) is 16.9. The zero-order valence-electron chi connectivity index (χ0n) is 19.6. The molecule has 0 radical (unpaired) electrons. The van der Waals surface area contributed by atoms with Gasteiger partial charge in [-0.2, -0.15) is 0 Å². The van der Waals surface area contributed by atoms with Gasteiger partial charge in [0.05, 0.1) is 16.1 Å². The highest BCUT2D eigenvalue weighted by molar-refractivity contribution is 7.92. The third-order valence-electron chi connectivity index (χ3n) is 5.89. The summed E-state index contributed by atoms with van der Waals surface area (Å²) in [5.74, 6) is -1.24. The molecule has 3 aromatic carbocycles. The van der Waals surface area contributed by atoms with Crippen molar-refractivity contribution in [3.05, 3.63) is 89.5 Å². The number of unbranched alkanes of at least 4 members (excludes halogenated alkanes) is 1. The first-order valence-corrected chi connectivity index (χ1v) is 13.1. The molecule has 1 N–H and O–H groups in total. The summed E-state index contributed by atoms with van der Waals surface area (Å²) in [6.07, 6.45) is 3.84. The molecule has 35 heavy (non-hydrogen) atoms. The molecule has 1 amide bonds. The number of anilines is 2. The minimum Gasteiger partial charge on any atom is -0.452 e. The average Bonchev–Trinajstić information content (AvgIpc) is 3.32. The number of fused-ring (bicyclic) bond motifs is 1. The van der Waals surface area contributed by atoms with E-state index < -0.39 is 28.5 Å². The molecule has 4 rings (SSSR count). The topological polar surface area (TPSA) is 92.8 Å². The highest BCUT2D eigenvalue weighted by Gasteiger charge is 2.31. The van der Waals surface area contributed by atoms with Gasteiger partial charge in [-0.25, -0.2) is 13.2 Å². The van der Waals surface area contributed by atoms with Crippen LogP contribution in [0.1, 0.15) is 41.3 Å². The summed E-state index contributed by atoms with van der Waals surface area (Å²) in [6.45, 7) is 2.00. The van der Waals surface area contributed by atoms with Gasteiger partial charge in [-0.05, 0) is 66.8 Å². The van der Waals surface area contributed by atoms with Gasteiger partial charge in [-0.3, -0.25) is 9.10 Å². The van der Waals surface area contributed by atoms with Gasteiger partial charge in [0, 0.05) is 12.2 Å². The fraction of sp³-hybridized carbons (Fsp3) is 0.259. The van der Waals surface area contributed by atoms with Crippen LogP contribution in [0.4, 0.5) is 11.4 Å². The van der Waals surface area contributed by atoms with E-state index in [-0.39, 0.29) is 10.5 Å². The number of carbonyl (C=O) groups is 2. The van der Waals surface area contributed by atoms with Crippen LogP contribution in [0.25, 0.3) is 0 Å². The van der Waals surface area contributed by atoms with Crippen molar-refractivity contribution in [1.29, 1.82) is 0 Å². The Morgan fingerprint density at radius 3 is 2.54 bits per heavy atom. The lowest BCUT2D eigenvalue weighted by atomic mass is 10.1. The van der Waals surface area contributed by atoms with Crippen LogP contribution in [0.5, 0.6) is 0 Å². The van der Waals surface area contributed by atoms with Crippen LogP contribution in [-0.4, -0.2) is 33.4 Å². The predicted octanol–water partition coefficient (Wildman–Crippen LogP) is 4.58. The van der Waals surface area contributed by atoms with Crippen LogP contribution >= 0.6 is 0 Å². The van der Waals surface area contributed by atoms with E-state index in [0.717, 1.165) is 24.8 Å². The van der Waals surface area contributed by atoms with Gasteiger partial charge in [-0.1, -0.05) is 49.7 Å². The smallest absolute Gasteiger partial charge is 0.338 e. The van der Waals surface area contributed by atoms with Crippen LogP contribution in [0.2, 0.25) is 0 Å². The largest absolute Gasteiger partial charge is 0.452 e. The molecular formula is C27H28N2O5S. The maximum Gasteiger partial charge on any atom is 0.338 e. The van der Waals surface area contributed by atoms with Gasteiger partial charge in [-0.15, -0.1) is 0 Å². The van der Waals surface area contributed by atoms with Crippen molar-refractivity contribution in [3.8, 4) is 0 Å². The minimum atomic E-state index is -3.84.